The van der Waals surface area contributed by atoms with Crippen LogP contribution in [0.25, 0.3) is 11.1 Å². The van der Waals surface area contributed by atoms with Crippen molar-refractivity contribution in [2.45, 2.75) is 96.4 Å². The highest BCUT2D eigenvalue weighted by Gasteiger charge is 2.34. The Balaban J connectivity index is 1.28. The number of hydrogen-bond donors (Lipinski definition) is 2. The number of nitrogens with zero attached hydrogens (tertiary/aromatic N) is 3. The Labute approximate surface area is 283 Å². The molecule has 0 bridgehead atoms. The summed E-state index contributed by atoms with van der Waals surface area (Å²) in [4.78, 5) is 28.5. The summed E-state index contributed by atoms with van der Waals surface area (Å²) in [5, 5.41) is 15.7. The number of alkyl halides is 1. The van der Waals surface area contributed by atoms with Crippen molar-refractivity contribution >= 4 is 17.7 Å². The number of benzene rings is 2. The van der Waals surface area contributed by atoms with Gasteiger partial charge in [-0.05, 0) is 119 Å². The van der Waals surface area contributed by atoms with Gasteiger partial charge in [-0.1, -0.05) is 24.3 Å². The molecule has 0 aliphatic heterocycles. The van der Waals surface area contributed by atoms with E-state index in [0.717, 1.165) is 53.8 Å². The summed E-state index contributed by atoms with van der Waals surface area (Å²) < 4.78 is 26.2. The summed E-state index contributed by atoms with van der Waals surface area (Å²) in [5.41, 5.74) is 5.45. The predicted octanol–water partition coefficient (Wildman–Crippen LogP) is 7.37. The number of aryl methyl sites for hydroxylation is 1. The first-order chi connectivity index (χ1) is 23.1. The van der Waals surface area contributed by atoms with Gasteiger partial charge in [-0.25, -0.2) is 9.18 Å². The maximum absolute atomic E-state index is 14.3. The van der Waals surface area contributed by atoms with Crippen LogP contribution in [0.15, 0.2) is 54.9 Å². The SMILES string of the molecule is COc1ccc(C2CCC(CN(C(=O)C3CCC(OC(=O)NC[C@H](F)CO)CC3)c3cccc(-c4cnn(C(C)C)c4)c3)CC2)cc1C. The Hall–Kier alpha value is -3.92. The van der Waals surface area contributed by atoms with Crippen LogP contribution in [0.1, 0.15) is 88.3 Å². The maximum Gasteiger partial charge on any atom is 0.407 e. The van der Waals surface area contributed by atoms with Gasteiger partial charge in [0.05, 0.1) is 26.5 Å². The lowest BCUT2D eigenvalue weighted by molar-refractivity contribution is -0.124. The lowest BCUT2D eigenvalue weighted by Crippen LogP contribution is -2.42. The Morgan fingerprint density at radius 3 is 2.44 bits per heavy atom. The zero-order valence-corrected chi connectivity index (χ0v) is 28.7. The summed E-state index contributed by atoms with van der Waals surface area (Å²) in [6.07, 6.45) is 8.00. The highest BCUT2D eigenvalue weighted by atomic mass is 19.1. The molecule has 2 saturated carbocycles. The summed E-state index contributed by atoms with van der Waals surface area (Å²) in [5.74, 6) is 1.74. The molecular weight excluding hydrogens is 611 g/mol. The topological polar surface area (TPSA) is 106 Å². The molecule has 1 heterocycles. The van der Waals surface area contributed by atoms with E-state index in [-0.39, 0.29) is 30.5 Å². The molecule has 2 amide bonds. The van der Waals surface area contributed by atoms with Crippen LogP contribution in [-0.2, 0) is 9.53 Å². The molecule has 5 rings (SSSR count). The third-order valence-corrected chi connectivity index (χ3v) is 10.0. The Morgan fingerprint density at radius 2 is 1.79 bits per heavy atom. The Morgan fingerprint density at radius 1 is 1.04 bits per heavy atom. The Kier molecular flexibility index (Phi) is 12.1. The molecule has 1 atom stereocenters. The monoisotopic (exact) mass is 662 g/mol. The molecule has 260 valence electrons. The third-order valence-electron chi connectivity index (χ3n) is 10.0. The molecule has 0 saturated heterocycles. The first kappa shape index (κ1) is 35.4. The first-order valence-corrected chi connectivity index (χ1v) is 17.4. The van der Waals surface area contributed by atoms with E-state index in [4.69, 9.17) is 14.6 Å². The van der Waals surface area contributed by atoms with Gasteiger partial charge in [-0.3, -0.25) is 9.48 Å². The molecule has 0 spiro atoms. The molecule has 2 N–H and O–H groups in total. The van der Waals surface area contributed by atoms with Crippen LogP contribution in [0.4, 0.5) is 14.9 Å². The molecule has 1 aromatic heterocycles. The minimum Gasteiger partial charge on any atom is -0.496 e. The Bertz CT molecular complexity index is 1510. The van der Waals surface area contributed by atoms with Crippen LogP contribution in [0.5, 0.6) is 5.75 Å². The number of rotatable bonds is 12. The van der Waals surface area contributed by atoms with Gasteiger partial charge < -0.3 is 24.8 Å². The number of aliphatic hydroxyl groups excluding tert-OH is 1. The van der Waals surface area contributed by atoms with E-state index in [9.17, 15) is 14.0 Å². The van der Waals surface area contributed by atoms with Crippen molar-refractivity contribution < 1.29 is 28.6 Å². The standard InChI is InChI=1S/C38H51FN4O5/c1-25(2)43-23-32(20-41-43)30-6-5-7-34(19-30)42(22-27-8-10-28(11-9-27)31-14-17-36(47-4)26(3)18-31)37(45)29-12-15-35(16-13-29)48-38(46)40-21-33(39)24-44/h5-7,14,17-20,23,25,27-29,33,35,44H,8-13,15-16,21-22,24H2,1-4H3,(H,40,46)/t27?,28?,29?,33-,35?/m0/s1. The van der Waals surface area contributed by atoms with E-state index >= 15 is 0 Å². The van der Waals surface area contributed by atoms with Gasteiger partial charge in [-0.15, -0.1) is 0 Å². The van der Waals surface area contributed by atoms with E-state index in [1.54, 1.807) is 7.11 Å². The van der Waals surface area contributed by atoms with E-state index in [1.165, 1.54) is 5.56 Å². The quantitative estimate of drug-likeness (QED) is 0.210. The molecular formula is C38H51FN4O5. The molecule has 2 fully saturated rings. The van der Waals surface area contributed by atoms with Crippen molar-refractivity contribution in [1.29, 1.82) is 0 Å². The summed E-state index contributed by atoms with van der Waals surface area (Å²) in [6.45, 7) is 6.00. The zero-order valence-electron chi connectivity index (χ0n) is 28.7. The van der Waals surface area contributed by atoms with Gasteiger partial charge in [0.1, 0.15) is 18.0 Å². The van der Waals surface area contributed by atoms with Crippen LogP contribution < -0.4 is 15.0 Å². The second-order valence-electron chi connectivity index (χ2n) is 13.8. The maximum atomic E-state index is 14.3. The van der Waals surface area contributed by atoms with Gasteiger partial charge in [0.2, 0.25) is 5.91 Å². The minimum atomic E-state index is -1.52. The van der Waals surface area contributed by atoms with E-state index in [0.29, 0.717) is 44.1 Å². The van der Waals surface area contributed by atoms with Gasteiger partial charge in [-0.2, -0.15) is 5.10 Å². The van der Waals surface area contributed by atoms with Crippen molar-refractivity contribution in [2.75, 3.05) is 31.7 Å². The number of nitrogens with one attached hydrogen (secondary N) is 1. The number of ether oxygens (including phenoxy) is 2. The van der Waals surface area contributed by atoms with Gasteiger partial charge in [0.15, 0.2) is 0 Å². The molecule has 2 aromatic carbocycles. The fourth-order valence-electron chi connectivity index (χ4n) is 7.14. The fourth-order valence-corrected chi connectivity index (χ4v) is 7.14. The molecule has 10 heteroatoms. The van der Waals surface area contributed by atoms with Crippen LogP contribution in [0, 0.1) is 18.8 Å². The first-order valence-electron chi connectivity index (χ1n) is 17.4. The number of carbonyl (C=O) groups excluding carboxylic acids is 2. The number of anilines is 1. The van der Waals surface area contributed by atoms with Gasteiger partial charge >= 0.3 is 6.09 Å². The van der Waals surface area contributed by atoms with E-state index < -0.39 is 18.9 Å². The number of hydrogen-bond acceptors (Lipinski definition) is 6. The van der Waals surface area contributed by atoms with Crippen LogP contribution >= 0.6 is 0 Å². The number of amides is 2. The van der Waals surface area contributed by atoms with Crippen LogP contribution in [0.2, 0.25) is 0 Å². The number of aromatic nitrogens is 2. The van der Waals surface area contributed by atoms with E-state index in [2.05, 4.69) is 61.5 Å². The highest BCUT2D eigenvalue weighted by molar-refractivity contribution is 5.95. The second kappa shape index (κ2) is 16.5. The smallest absolute Gasteiger partial charge is 0.407 e. The largest absolute Gasteiger partial charge is 0.496 e. The average molecular weight is 663 g/mol. The predicted molar refractivity (Wildman–Crippen MR) is 185 cm³/mol. The average Bonchev–Trinajstić information content (AvgIpc) is 3.61. The molecule has 2 aliphatic carbocycles. The van der Waals surface area contributed by atoms with Crippen molar-refractivity contribution in [2.24, 2.45) is 11.8 Å². The van der Waals surface area contributed by atoms with Crippen LogP contribution in [0.3, 0.4) is 0 Å². The van der Waals surface area contributed by atoms with Crippen molar-refractivity contribution in [3.05, 3.63) is 66.0 Å². The number of carbonyl (C=O) groups is 2. The molecule has 3 aromatic rings. The van der Waals surface area contributed by atoms with Crippen LogP contribution in [-0.4, -0.2) is 66.0 Å². The lowest BCUT2D eigenvalue weighted by Gasteiger charge is -2.36. The summed E-state index contributed by atoms with van der Waals surface area (Å²) in [6, 6.07) is 15.0. The number of aliphatic hydroxyl groups is 1. The summed E-state index contributed by atoms with van der Waals surface area (Å²) >= 11 is 0. The molecule has 48 heavy (non-hydrogen) atoms. The van der Waals surface area contributed by atoms with Crippen molar-refractivity contribution in [3.63, 3.8) is 0 Å². The van der Waals surface area contributed by atoms with Gasteiger partial charge in [0.25, 0.3) is 0 Å². The molecule has 2 aliphatic rings. The molecule has 9 nitrogen and oxygen atoms in total. The zero-order chi connectivity index (χ0) is 34.2. The van der Waals surface area contributed by atoms with Crippen molar-refractivity contribution in [3.8, 4) is 16.9 Å². The summed E-state index contributed by atoms with van der Waals surface area (Å²) in [7, 11) is 1.71. The lowest BCUT2D eigenvalue weighted by atomic mass is 9.78. The third kappa shape index (κ3) is 8.95. The van der Waals surface area contributed by atoms with E-state index in [1.807, 2.05) is 34.1 Å². The fraction of sp³-hybridized carbons (Fsp3) is 0.553. The number of halogens is 1. The van der Waals surface area contributed by atoms with Gasteiger partial charge in [0, 0.05) is 36.0 Å². The minimum absolute atomic E-state index is 0.115. The molecule has 0 radical (unpaired) electrons. The number of methoxy groups -OCH3 is 1. The normalized spacial score (nSPS) is 21.8. The number of alkyl carbamates (subject to hydrolysis) is 1. The van der Waals surface area contributed by atoms with Crippen molar-refractivity contribution in [1.82, 2.24) is 15.1 Å². The molecule has 0 unspecified atom stereocenters. The highest BCUT2D eigenvalue weighted by Crippen LogP contribution is 2.39. The second-order valence-corrected chi connectivity index (χ2v) is 13.8.